The summed E-state index contributed by atoms with van der Waals surface area (Å²) in [5.74, 6) is 0.823. The van der Waals surface area contributed by atoms with Crippen LogP contribution in [-0.2, 0) is 0 Å². The Morgan fingerprint density at radius 1 is 1.33 bits per heavy atom. The molecule has 0 atom stereocenters. The first-order valence-corrected chi connectivity index (χ1v) is 7.08. The summed E-state index contributed by atoms with van der Waals surface area (Å²) in [6.07, 6.45) is 12.8. The van der Waals surface area contributed by atoms with Gasteiger partial charge in [-0.15, -0.1) is 0 Å². The number of rotatable bonds is 5. The van der Waals surface area contributed by atoms with Crippen LogP contribution in [0.2, 0.25) is 0 Å². The molecule has 0 spiro atoms. The molecule has 1 aliphatic carbocycles. The lowest BCUT2D eigenvalue weighted by Gasteiger charge is -2.06. The minimum absolute atomic E-state index is 0.823. The minimum Gasteiger partial charge on any atom is -0.278 e. The zero-order valence-electron chi connectivity index (χ0n) is 11.8. The first-order chi connectivity index (χ1) is 8.68. The Balaban J connectivity index is 2.13. The van der Waals surface area contributed by atoms with Crippen LogP contribution in [0, 0.1) is 12.8 Å². The molecule has 0 saturated carbocycles. The molecule has 98 valence electrons. The number of hydrogen-bond acceptors (Lipinski definition) is 1. The number of aromatic nitrogens is 2. The van der Waals surface area contributed by atoms with Crippen molar-refractivity contribution in [2.75, 3.05) is 0 Å². The van der Waals surface area contributed by atoms with Crippen LogP contribution in [0.25, 0.3) is 11.6 Å². The fourth-order valence-electron chi connectivity index (χ4n) is 2.61. The van der Waals surface area contributed by atoms with Crippen LogP contribution in [0.4, 0.5) is 0 Å². The Bertz CT molecular complexity index is 532. The van der Waals surface area contributed by atoms with E-state index in [1.807, 2.05) is 0 Å². The van der Waals surface area contributed by atoms with Crippen molar-refractivity contribution in [3.8, 4) is 0 Å². The average molecular weight is 244 g/mol. The van der Waals surface area contributed by atoms with Gasteiger partial charge in [0, 0.05) is 5.22 Å². The molecule has 0 bridgehead atoms. The molecule has 1 aromatic rings. The highest BCUT2D eigenvalue weighted by Gasteiger charge is 2.06. The van der Waals surface area contributed by atoms with Gasteiger partial charge in [0.25, 0.3) is 0 Å². The lowest BCUT2D eigenvalue weighted by molar-refractivity contribution is 0.541. The molecule has 1 aliphatic rings. The quantitative estimate of drug-likeness (QED) is 0.793. The van der Waals surface area contributed by atoms with Crippen LogP contribution in [0.5, 0.6) is 0 Å². The van der Waals surface area contributed by atoms with E-state index in [9.17, 15) is 0 Å². The van der Waals surface area contributed by atoms with Gasteiger partial charge in [0.05, 0.1) is 11.0 Å². The van der Waals surface area contributed by atoms with Gasteiger partial charge >= 0.3 is 0 Å². The Morgan fingerprint density at radius 3 is 2.94 bits per heavy atom. The number of unbranched alkanes of at least 4 members (excludes halogenated alkanes) is 1. The van der Waals surface area contributed by atoms with Crippen LogP contribution in [0.15, 0.2) is 12.2 Å². The van der Waals surface area contributed by atoms with Crippen molar-refractivity contribution in [3.05, 3.63) is 28.4 Å². The smallest absolute Gasteiger partial charge is 0.0669 e. The summed E-state index contributed by atoms with van der Waals surface area (Å²) in [5.41, 5.74) is 2.69. The zero-order valence-corrected chi connectivity index (χ0v) is 11.8. The number of hydrogen-bond donors (Lipinski definition) is 1. The molecular weight excluding hydrogens is 220 g/mol. The Labute approximate surface area is 109 Å². The lowest BCUT2D eigenvalue weighted by Crippen LogP contribution is -2.26. The van der Waals surface area contributed by atoms with Gasteiger partial charge in [-0.1, -0.05) is 44.4 Å². The summed E-state index contributed by atoms with van der Waals surface area (Å²) in [6.45, 7) is 6.70. The van der Waals surface area contributed by atoms with Gasteiger partial charge in [0.15, 0.2) is 0 Å². The van der Waals surface area contributed by atoms with E-state index in [-0.39, 0.29) is 0 Å². The molecule has 2 heteroatoms. The van der Waals surface area contributed by atoms with Gasteiger partial charge in [-0.3, -0.25) is 5.10 Å². The van der Waals surface area contributed by atoms with Gasteiger partial charge in [-0.25, -0.2) is 0 Å². The fraction of sp³-hybridized carbons (Fsp3) is 0.562. The zero-order chi connectivity index (χ0) is 13.0. The van der Waals surface area contributed by atoms with Crippen LogP contribution in [0.3, 0.4) is 0 Å². The predicted octanol–water partition coefficient (Wildman–Crippen LogP) is 2.83. The number of allylic oxidation sites excluding steroid dienone is 2. The lowest BCUT2D eigenvalue weighted by atomic mass is 9.99. The van der Waals surface area contributed by atoms with Crippen molar-refractivity contribution in [1.29, 1.82) is 0 Å². The molecule has 1 N–H and O–H groups in total. The van der Waals surface area contributed by atoms with Crippen molar-refractivity contribution >= 4 is 11.6 Å². The molecule has 1 aromatic heterocycles. The largest absolute Gasteiger partial charge is 0.278 e. The van der Waals surface area contributed by atoms with E-state index in [4.69, 9.17) is 0 Å². The van der Waals surface area contributed by atoms with E-state index in [2.05, 4.69) is 49.2 Å². The van der Waals surface area contributed by atoms with E-state index in [0.29, 0.717) is 0 Å². The Kier molecular flexibility index (Phi) is 4.40. The van der Waals surface area contributed by atoms with Crippen LogP contribution < -0.4 is 10.6 Å². The summed E-state index contributed by atoms with van der Waals surface area (Å²) < 4.78 is 0. The van der Waals surface area contributed by atoms with Gasteiger partial charge < -0.3 is 0 Å². The van der Waals surface area contributed by atoms with Crippen LogP contribution in [-0.4, -0.2) is 10.2 Å². The summed E-state index contributed by atoms with van der Waals surface area (Å²) in [6, 6.07) is 0. The number of H-pyrrole nitrogens is 1. The molecule has 2 rings (SSSR count). The van der Waals surface area contributed by atoms with Crippen LogP contribution >= 0.6 is 0 Å². The van der Waals surface area contributed by atoms with Crippen molar-refractivity contribution in [2.45, 2.75) is 52.9 Å². The van der Waals surface area contributed by atoms with Crippen LogP contribution in [0.1, 0.15) is 51.6 Å². The number of aryl methyl sites for hydroxylation is 1. The Morgan fingerprint density at radius 2 is 2.17 bits per heavy atom. The minimum atomic E-state index is 0.823. The monoisotopic (exact) mass is 244 g/mol. The number of fused-ring (bicyclic) bond motifs is 1. The maximum absolute atomic E-state index is 4.34. The summed E-state index contributed by atoms with van der Waals surface area (Å²) in [7, 11) is 0. The van der Waals surface area contributed by atoms with Crippen molar-refractivity contribution in [3.63, 3.8) is 0 Å². The van der Waals surface area contributed by atoms with Gasteiger partial charge in [0.2, 0.25) is 0 Å². The van der Waals surface area contributed by atoms with E-state index in [0.717, 1.165) is 18.0 Å². The molecule has 0 saturated heterocycles. The topological polar surface area (TPSA) is 28.7 Å². The summed E-state index contributed by atoms with van der Waals surface area (Å²) in [5, 5.41) is 10.0. The first-order valence-electron chi connectivity index (χ1n) is 7.08. The molecule has 0 aromatic carbocycles. The Hall–Kier alpha value is -1.31. The third kappa shape index (κ3) is 3.12. The first kappa shape index (κ1) is 13.1. The number of nitrogens with one attached hydrogen (secondary N) is 1. The van der Waals surface area contributed by atoms with Crippen molar-refractivity contribution in [1.82, 2.24) is 10.2 Å². The average Bonchev–Trinajstić information content (AvgIpc) is 2.58. The SMILES string of the molecule is Cc1n[nH]c2c1=C(CCCCC(C)C)CC=CC=2. The highest BCUT2D eigenvalue weighted by molar-refractivity contribution is 5.53. The third-order valence-electron chi connectivity index (χ3n) is 3.60. The second-order valence-corrected chi connectivity index (χ2v) is 5.64. The molecular formula is C16H24N2. The van der Waals surface area contributed by atoms with E-state index >= 15 is 0 Å². The number of aromatic amines is 1. The molecule has 0 aliphatic heterocycles. The molecule has 0 amide bonds. The van der Waals surface area contributed by atoms with Crippen molar-refractivity contribution < 1.29 is 0 Å². The summed E-state index contributed by atoms with van der Waals surface area (Å²) >= 11 is 0. The third-order valence-corrected chi connectivity index (χ3v) is 3.60. The second-order valence-electron chi connectivity index (χ2n) is 5.64. The van der Waals surface area contributed by atoms with Gasteiger partial charge in [-0.05, 0) is 38.2 Å². The molecule has 0 radical (unpaired) electrons. The molecule has 1 heterocycles. The molecule has 2 nitrogen and oxygen atoms in total. The molecule has 0 fully saturated rings. The predicted molar refractivity (Wildman–Crippen MR) is 77.5 cm³/mol. The normalized spacial score (nSPS) is 14.6. The van der Waals surface area contributed by atoms with E-state index in [1.54, 1.807) is 5.57 Å². The highest BCUT2D eigenvalue weighted by Crippen LogP contribution is 2.16. The number of nitrogens with zero attached hydrogens (tertiary/aromatic N) is 1. The highest BCUT2D eigenvalue weighted by atomic mass is 15.1. The molecule has 0 unspecified atom stereocenters. The van der Waals surface area contributed by atoms with E-state index in [1.165, 1.54) is 36.3 Å². The fourth-order valence-corrected chi connectivity index (χ4v) is 2.61. The maximum Gasteiger partial charge on any atom is 0.0669 e. The standard InChI is InChI=1S/C16H24N2/c1-12(2)8-4-5-9-14-10-6-7-11-15-16(14)13(3)17-18-15/h6-7,11-12,18H,4-5,8-10H2,1-3H3. The maximum atomic E-state index is 4.34. The van der Waals surface area contributed by atoms with Gasteiger partial charge in [-0.2, -0.15) is 5.10 Å². The van der Waals surface area contributed by atoms with Crippen molar-refractivity contribution in [2.24, 2.45) is 5.92 Å². The van der Waals surface area contributed by atoms with E-state index < -0.39 is 0 Å². The molecule has 18 heavy (non-hydrogen) atoms. The second kappa shape index (κ2) is 6.03. The summed E-state index contributed by atoms with van der Waals surface area (Å²) in [4.78, 5) is 0. The van der Waals surface area contributed by atoms with Gasteiger partial charge in [0.1, 0.15) is 0 Å².